The fourth-order valence-electron chi connectivity index (χ4n) is 2.11. The Bertz CT molecular complexity index is 519. The minimum absolute atomic E-state index is 0.248. The Morgan fingerprint density at radius 2 is 1.67 bits per heavy atom. The van der Waals surface area contributed by atoms with E-state index in [4.69, 9.17) is 15.3 Å². The quantitative estimate of drug-likeness (QED) is 0.392. The summed E-state index contributed by atoms with van der Waals surface area (Å²) < 4.78 is 10.1. The van der Waals surface area contributed by atoms with Gasteiger partial charge in [-0.15, -0.1) is 0 Å². The van der Waals surface area contributed by atoms with Crippen LogP contribution in [0.3, 0.4) is 0 Å². The Morgan fingerprint density at radius 3 is 2.19 bits per heavy atom. The maximum atomic E-state index is 11.8. The lowest BCUT2D eigenvalue weighted by Crippen LogP contribution is -2.47. The number of hydrazine groups is 1. The van der Waals surface area contributed by atoms with E-state index >= 15 is 0 Å². The highest BCUT2D eigenvalue weighted by molar-refractivity contribution is 5.96. The summed E-state index contributed by atoms with van der Waals surface area (Å²) in [5.41, 5.74) is 1.95. The molecule has 6 nitrogen and oxygen atoms in total. The zero-order chi connectivity index (χ0) is 15.6. The van der Waals surface area contributed by atoms with Gasteiger partial charge >= 0.3 is 11.9 Å². The lowest BCUT2D eigenvalue weighted by Gasteiger charge is -2.33. The van der Waals surface area contributed by atoms with Crippen LogP contribution < -0.4 is 10.9 Å². The monoisotopic (exact) mass is 292 g/mol. The molecule has 2 N–H and O–H groups in total. The van der Waals surface area contributed by atoms with E-state index in [1.165, 1.54) is 18.9 Å². The lowest BCUT2D eigenvalue weighted by atomic mass is 10.0. The Hall–Kier alpha value is -2.08. The Kier molecular flexibility index (Phi) is 4.18. The molecule has 0 atom stereocenters. The summed E-state index contributed by atoms with van der Waals surface area (Å²) in [5.74, 6) is 2.70. The highest BCUT2D eigenvalue weighted by Crippen LogP contribution is 2.25. The van der Waals surface area contributed by atoms with E-state index in [-0.39, 0.29) is 6.42 Å². The highest BCUT2D eigenvalue weighted by Gasteiger charge is 2.42. The van der Waals surface area contributed by atoms with Gasteiger partial charge in [-0.1, -0.05) is 17.7 Å². The molecule has 0 unspecified atom stereocenters. The van der Waals surface area contributed by atoms with E-state index in [0.29, 0.717) is 6.54 Å². The van der Waals surface area contributed by atoms with E-state index in [0.717, 1.165) is 11.3 Å². The molecule has 0 aromatic heterocycles. The Labute approximate surface area is 123 Å². The number of rotatable bonds is 4. The number of carbonyl (C=O) groups excluding carboxylic acids is 2. The average molecular weight is 292 g/mol. The van der Waals surface area contributed by atoms with Gasteiger partial charge in [0.05, 0.1) is 5.69 Å². The first-order chi connectivity index (χ1) is 9.78. The van der Waals surface area contributed by atoms with E-state index in [1.54, 1.807) is 0 Å². The fourth-order valence-corrected chi connectivity index (χ4v) is 2.11. The third-order valence-electron chi connectivity index (χ3n) is 3.29. The third kappa shape index (κ3) is 3.72. The Balaban J connectivity index is 1.95. The van der Waals surface area contributed by atoms with Crippen LogP contribution in [0.2, 0.25) is 0 Å². The zero-order valence-electron chi connectivity index (χ0n) is 12.5. The van der Waals surface area contributed by atoms with Crippen molar-refractivity contribution in [3.8, 4) is 0 Å². The first-order valence-corrected chi connectivity index (χ1v) is 6.83. The lowest BCUT2D eigenvalue weighted by molar-refractivity contribution is -0.240. The molecule has 1 aliphatic rings. The number of anilines is 1. The van der Waals surface area contributed by atoms with Crippen LogP contribution in [-0.4, -0.2) is 24.3 Å². The number of carbonyl (C=O) groups is 2. The number of ether oxygens (including phenoxy) is 2. The van der Waals surface area contributed by atoms with E-state index < -0.39 is 23.6 Å². The van der Waals surface area contributed by atoms with Crippen molar-refractivity contribution in [1.29, 1.82) is 0 Å². The molecule has 1 aromatic rings. The molecule has 1 saturated heterocycles. The maximum absolute atomic E-state index is 11.8. The van der Waals surface area contributed by atoms with Crippen LogP contribution in [0.5, 0.6) is 0 Å². The van der Waals surface area contributed by atoms with Gasteiger partial charge < -0.3 is 14.5 Å². The summed E-state index contributed by atoms with van der Waals surface area (Å²) >= 11 is 0. The summed E-state index contributed by atoms with van der Waals surface area (Å²) in [7, 11) is 0. The van der Waals surface area contributed by atoms with E-state index in [2.05, 4.69) is 0 Å². The second kappa shape index (κ2) is 5.73. The van der Waals surface area contributed by atoms with Crippen molar-refractivity contribution in [1.82, 2.24) is 0 Å². The minimum Gasteiger partial charge on any atom is -0.422 e. The number of nitrogens with zero attached hydrogens (tertiary/aromatic N) is 1. The van der Waals surface area contributed by atoms with Crippen LogP contribution in [0.25, 0.3) is 0 Å². The van der Waals surface area contributed by atoms with Gasteiger partial charge in [-0.25, -0.2) is 5.84 Å². The van der Waals surface area contributed by atoms with Crippen molar-refractivity contribution in [2.75, 3.05) is 11.6 Å². The molecule has 1 heterocycles. The summed E-state index contributed by atoms with van der Waals surface area (Å²) in [6.07, 6.45) is 0.248. The number of hydrogen-bond donors (Lipinski definition) is 1. The van der Waals surface area contributed by atoms with Crippen LogP contribution in [0.1, 0.15) is 25.8 Å². The van der Waals surface area contributed by atoms with Crippen molar-refractivity contribution in [3.63, 3.8) is 0 Å². The average Bonchev–Trinajstić information content (AvgIpc) is 2.36. The van der Waals surface area contributed by atoms with Crippen LogP contribution in [0, 0.1) is 12.8 Å². The van der Waals surface area contributed by atoms with Gasteiger partial charge in [-0.3, -0.25) is 9.59 Å². The molecule has 1 aliphatic heterocycles. The zero-order valence-corrected chi connectivity index (χ0v) is 12.5. The van der Waals surface area contributed by atoms with Gasteiger partial charge in [0.2, 0.25) is 0 Å². The van der Waals surface area contributed by atoms with Gasteiger partial charge in [0.25, 0.3) is 5.79 Å². The number of esters is 2. The van der Waals surface area contributed by atoms with E-state index in [1.807, 2.05) is 31.2 Å². The van der Waals surface area contributed by atoms with Crippen LogP contribution in [0.4, 0.5) is 5.69 Å². The van der Waals surface area contributed by atoms with Gasteiger partial charge in [-0.05, 0) is 25.5 Å². The van der Waals surface area contributed by atoms with Crippen LogP contribution >= 0.6 is 0 Å². The molecule has 0 aliphatic carbocycles. The molecule has 0 radical (unpaired) electrons. The van der Waals surface area contributed by atoms with Crippen LogP contribution in [-0.2, 0) is 19.1 Å². The van der Waals surface area contributed by atoms with Gasteiger partial charge in [0, 0.05) is 20.4 Å². The van der Waals surface area contributed by atoms with Gasteiger partial charge in [0.1, 0.15) is 0 Å². The predicted octanol–water partition coefficient (Wildman–Crippen LogP) is 1.52. The maximum Gasteiger partial charge on any atom is 0.323 e. The number of aryl methyl sites for hydroxylation is 1. The first kappa shape index (κ1) is 15.3. The molecule has 0 spiro atoms. The fraction of sp³-hybridized carbons (Fsp3) is 0.467. The predicted molar refractivity (Wildman–Crippen MR) is 77.1 cm³/mol. The highest BCUT2D eigenvalue weighted by atomic mass is 16.7. The number of nitrogens with two attached hydrogens (primary N) is 1. The molecule has 2 rings (SSSR count). The second-order valence-electron chi connectivity index (χ2n) is 5.61. The molecule has 21 heavy (non-hydrogen) atoms. The molecule has 0 saturated carbocycles. The van der Waals surface area contributed by atoms with Gasteiger partial charge in [-0.2, -0.15) is 0 Å². The van der Waals surface area contributed by atoms with E-state index in [9.17, 15) is 9.59 Å². The molecule has 0 amide bonds. The van der Waals surface area contributed by atoms with Crippen molar-refractivity contribution in [3.05, 3.63) is 29.8 Å². The van der Waals surface area contributed by atoms with Crippen LogP contribution in [0.15, 0.2) is 24.3 Å². The van der Waals surface area contributed by atoms with Gasteiger partial charge in [0.15, 0.2) is 5.92 Å². The number of benzene rings is 1. The molecular weight excluding hydrogens is 272 g/mol. The molecule has 6 heteroatoms. The molecular formula is C15H20N2O4. The Morgan fingerprint density at radius 1 is 1.14 bits per heavy atom. The summed E-state index contributed by atoms with van der Waals surface area (Å²) in [6.45, 7) is 5.39. The second-order valence-corrected chi connectivity index (χ2v) is 5.61. The topological polar surface area (TPSA) is 81.9 Å². The number of hydrogen-bond acceptors (Lipinski definition) is 6. The molecule has 114 valence electrons. The smallest absolute Gasteiger partial charge is 0.323 e. The summed E-state index contributed by atoms with van der Waals surface area (Å²) in [5, 5.41) is 1.50. The van der Waals surface area contributed by atoms with Crippen molar-refractivity contribution in [2.24, 2.45) is 11.8 Å². The largest absolute Gasteiger partial charge is 0.422 e. The molecule has 0 bridgehead atoms. The van der Waals surface area contributed by atoms with Crippen molar-refractivity contribution in [2.45, 2.75) is 33.0 Å². The van der Waals surface area contributed by atoms with Crippen molar-refractivity contribution >= 4 is 17.6 Å². The normalized spacial score (nSPS) is 18.1. The standard InChI is InChI=1S/C15H20N2O4/c1-10-4-6-11(7-5-10)17(16)9-8-12-13(18)20-15(2,3)21-14(12)19/h4-7,12H,8-9,16H2,1-3H3. The summed E-state index contributed by atoms with van der Waals surface area (Å²) in [6, 6.07) is 7.66. The molecule has 1 aromatic carbocycles. The summed E-state index contributed by atoms with van der Waals surface area (Å²) in [4.78, 5) is 23.7. The minimum atomic E-state index is -1.19. The first-order valence-electron chi connectivity index (χ1n) is 6.83. The van der Waals surface area contributed by atoms with Crippen molar-refractivity contribution < 1.29 is 19.1 Å². The third-order valence-corrected chi connectivity index (χ3v) is 3.29. The number of cyclic esters (lactones) is 2. The molecule has 1 fully saturated rings. The SMILES string of the molecule is Cc1ccc(N(N)CCC2C(=O)OC(C)(C)OC2=O)cc1.